The van der Waals surface area contributed by atoms with Crippen LogP contribution in [0.5, 0.6) is 0 Å². The highest BCUT2D eigenvalue weighted by molar-refractivity contribution is 6.83. The fourth-order valence-electron chi connectivity index (χ4n) is 1.20. The first kappa shape index (κ1) is 11.5. The maximum Gasteiger partial charge on any atom is 0.537 e. The van der Waals surface area contributed by atoms with Crippen LogP contribution in [-0.4, -0.2) is 24.0 Å². The molecule has 0 N–H and O–H groups in total. The molecule has 1 aliphatic rings. The number of hydrogen-bond donors (Lipinski definition) is 0. The largest absolute Gasteiger partial charge is 0.537 e. The van der Waals surface area contributed by atoms with E-state index in [1.807, 2.05) is 27.7 Å². The molecule has 0 atom stereocenters. The van der Waals surface area contributed by atoms with Crippen molar-refractivity contribution in [3.8, 4) is 0 Å². The second-order valence-corrected chi connectivity index (χ2v) is 4.49. The summed E-state index contributed by atoms with van der Waals surface area (Å²) >= 11 is 0. The van der Waals surface area contributed by atoms with E-state index in [9.17, 15) is 4.79 Å². The van der Waals surface area contributed by atoms with E-state index in [2.05, 4.69) is 0 Å². The zero-order valence-electron chi connectivity index (χ0n) is 9.46. The van der Waals surface area contributed by atoms with Crippen molar-refractivity contribution in [3.05, 3.63) is 12.2 Å². The lowest BCUT2D eigenvalue weighted by Gasteiger charge is -2.32. The first-order valence-corrected chi connectivity index (χ1v) is 4.82. The maximum atomic E-state index is 11.5. The Kier molecular flexibility index (Phi) is 2.88. The highest BCUT2D eigenvalue weighted by Crippen LogP contribution is 2.36. The molecule has 14 heavy (non-hydrogen) atoms. The zero-order valence-corrected chi connectivity index (χ0v) is 9.46. The van der Waals surface area contributed by atoms with E-state index in [-0.39, 0.29) is 5.68 Å². The minimum atomic E-state index is -0.754. The van der Waals surface area contributed by atoms with Gasteiger partial charge in [-0.05, 0) is 40.7 Å². The zero-order chi connectivity index (χ0) is 11.0. The molecule has 0 aromatic heterocycles. The second kappa shape index (κ2) is 3.52. The molecule has 0 saturated carbocycles. The first-order valence-electron chi connectivity index (χ1n) is 4.82. The molecule has 78 valence electrons. The molecule has 1 saturated heterocycles. The fraction of sp³-hybridized carbons (Fsp3) is 0.700. The summed E-state index contributed by atoms with van der Waals surface area (Å²) in [5.74, 6) is 0. The monoisotopic (exact) mass is 196 g/mol. The van der Waals surface area contributed by atoms with Gasteiger partial charge in [-0.3, -0.25) is 4.79 Å². The number of hydrogen-bond acceptors (Lipinski definition) is 3. The maximum absolute atomic E-state index is 11.5. The Hall–Kier alpha value is -0.605. The van der Waals surface area contributed by atoms with Crippen molar-refractivity contribution >= 4 is 12.8 Å². The van der Waals surface area contributed by atoms with Gasteiger partial charge in [-0.15, -0.1) is 0 Å². The number of allylic oxidation sites excluding steroid dienone is 2. The standard InChI is InChI=1S/C10H17BO3/c1-6-7-8(12)11-13-9(2,3)10(4,5)14-11/h6-7H,1-5H3/b7-6+. The Labute approximate surface area is 85.6 Å². The lowest BCUT2D eigenvalue weighted by atomic mass is 9.83. The molecule has 0 amide bonds. The molecule has 0 unspecified atom stereocenters. The lowest BCUT2D eigenvalue weighted by Crippen LogP contribution is -2.41. The van der Waals surface area contributed by atoms with Crippen LogP contribution in [0.3, 0.4) is 0 Å². The van der Waals surface area contributed by atoms with Crippen LogP contribution < -0.4 is 0 Å². The number of rotatable bonds is 2. The minimum Gasteiger partial charge on any atom is -0.397 e. The Morgan fingerprint density at radius 2 is 1.57 bits per heavy atom. The summed E-state index contributed by atoms with van der Waals surface area (Å²) in [6.45, 7) is 9.50. The summed E-state index contributed by atoms with van der Waals surface area (Å²) in [4.78, 5) is 11.5. The molecular formula is C10H17BO3. The molecular weight excluding hydrogens is 179 g/mol. The molecule has 1 aliphatic heterocycles. The van der Waals surface area contributed by atoms with E-state index >= 15 is 0 Å². The second-order valence-electron chi connectivity index (χ2n) is 4.49. The molecule has 0 aromatic rings. The Morgan fingerprint density at radius 3 is 1.93 bits per heavy atom. The van der Waals surface area contributed by atoms with Crippen molar-refractivity contribution < 1.29 is 14.1 Å². The Bertz CT molecular complexity index is 253. The van der Waals surface area contributed by atoms with Crippen LogP contribution in [0.4, 0.5) is 0 Å². The average molecular weight is 196 g/mol. The van der Waals surface area contributed by atoms with Gasteiger partial charge in [-0.2, -0.15) is 0 Å². The van der Waals surface area contributed by atoms with Crippen LogP contribution in [0.2, 0.25) is 0 Å². The van der Waals surface area contributed by atoms with Gasteiger partial charge in [-0.1, -0.05) is 6.08 Å². The smallest absolute Gasteiger partial charge is 0.397 e. The van der Waals surface area contributed by atoms with E-state index in [4.69, 9.17) is 9.31 Å². The summed E-state index contributed by atoms with van der Waals surface area (Å²) in [5.41, 5.74) is -1.00. The Balaban J connectivity index is 2.78. The molecule has 0 spiro atoms. The SMILES string of the molecule is C/C=C/C(=O)B1OC(C)(C)C(C)(C)O1. The van der Waals surface area contributed by atoms with Gasteiger partial charge in [0.2, 0.25) is 0 Å². The summed E-state index contributed by atoms with van der Waals surface area (Å²) in [5, 5.41) is 0. The van der Waals surface area contributed by atoms with Crippen LogP contribution in [0.25, 0.3) is 0 Å². The molecule has 0 radical (unpaired) electrons. The van der Waals surface area contributed by atoms with E-state index in [1.165, 1.54) is 6.08 Å². The molecule has 0 aliphatic carbocycles. The Morgan fingerprint density at radius 1 is 1.14 bits per heavy atom. The van der Waals surface area contributed by atoms with Crippen LogP contribution in [0.1, 0.15) is 34.6 Å². The van der Waals surface area contributed by atoms with E-state index in [0.717, 1.165) is 0 Å². The third-order valence-corrected chi connectivity index (χ3v) is 2.82. The van der Waals surface area contributed by atoms with Crippen LogP contribution in [-0.2, 0) is 14.1 Å². The van der Waals surface area contributed by atoms with Gasteiger partial charge in [0.1, 0.15) is 0 Å². The average Bonchev–Trinajstić information content (AvgIpc) is 2.22. The van der Waals surface area contributed by atoms with E-state index < -0.39 is 18.3 Å². The van der Waals surface area contributed by atoms with Gasteiger partial charge in [0.25, 0.3) is 0 Å². The number of carbonyl (C=O) groups is 1. The highest BCUT2D eigenvalue weighted by Gasteiger charge is 2.53. The van der Waals surface area contributed by atoms with Crippen molar-refractivity contribution in [3.63, 3.8) is 0 Å². The first-order chi connectivity index (χ1) is 6.30. The van der Waals surface area contributed by atoms with Crippen molar-refractivity contribution in [1.82, 2.24) is 0 Å². The molecule has 3 nitrogen and oxygen atoms in total. The van der Waals surface area contributed by atoms with Gasteiger partial charge in [0, 0.05) is 0 Å². The fourth-order valence-corrected chi connectivity index (χ4v) is 1.20. The summed E-state index contributed by atoms with van der Waals surface area (Å²) < 4.78 is 11.1. The van der Waals surface area contributed by atoms with Gasteiger partial charge >= 0.3 is 7.12 Å². The van der Waals surface area contributed by atoms with Crippen molar-refractivity contribution in [2.75, 3.05) is 0 Å². The number of carbonyl (C=O) groups excluding carboxylic acids is 1. The predicted octanol–water partition coefficient (Wildman–Crippen LogP) is 1.76. The summed E-state index contributed by atoms with van der Waals surface area (Å²) in [6, 6.07) is 0. The van der Waals surface area contributed by atoms with Gasteiger partial charge in [0.05, 0.1) is 11.2 Å². The van der Waals surface area contributed by atoms with Crippen molar-refractivity contribution in [1.29, 1.82) is 0 Å². The molecule has 1 rings (SSSR count). The quantitative estimate of drug-likeness (QED) is 0.498. The van der Waals surface area contributed by atoms with Gasteiger partial charge in [0.15, 0.2) is 5.68 Å². The minimum absolute atomic E-state index is 0.133. The van der Waals surface area contributed by atoms with Crippen molar-refractivity contribution in [2.24, 2.45) is 0 Å². The van der Waals surface area contributed by atoms with Gasteiger partial charge in [-0.25, -0.2) is 0 Å². The summed E-state index contributed by atoms with van der Waals surface area (Å²) in [7, 11) is -0.754. The highest BCUT2D eigenvalue weighted by atomic mass is 16.7. The van der Waals surface area contributed by atoms with Crippen molar-refractivity contribution in [2.45, 2.75) is 45.8 Å². The van der Waals surface area contributed by atoms with Crippen LogP contribution in [0, 0.1) is 0 Å². The van der Waals surface area contributed by atoms with E-state index in [0.29, 0.717) is 0 Å². The third-order valence-electron chi connectivity index (χ3n) is 2.82. The third kappa shape index (κ3) is 1.91. The predicted molar refractivity (Wildman–Crippen MR) is 55.9 cm³/mol. The van der Waals surface area contributed by atoms with Crippen LogP contribution in [0.15, 0.2) is 12.2 Å². The van der Waals surface area contributed by atoms with Crippen LogP contribution >= 0.6 is 0 Å². The molecule has 1 fully saturated rings. The molecule has 0 bridgehead atoms. The molecule has 4 heteroatoms. The molecule has 0 aromatic carbocycles. The molecule has 1 heterocycles. The normalized spacial score (nSPS) is 24.5. The topological polar surface area (TPSA) is 35.5 Å². The lowest BCUT2D eigenvalue weighted by molar-refractivity contribution is -0.110. The van der Waals surface area contributed by atoms with E-state index in [1.54, 1.807) is 13.0 Å². The summed E-state index contributed by atoms with van der Waals surface area (Å²) in [6.07, 6.45) is 3.16. The van der Waals surface area contributed by atoms with Gasteiger partial charge < -0.3 is 9.31 Å².